The third-order valence-electron chi connectivity index (χ3n) is 3.87. The molecule has 0 radical (unpaired) electrons. The molecule has 2 rings (SSSR count). The van der Waals surface area contributed by atoms with Crippen molar-refractivity contribution < 1.29 is 14.6 Å². The first-order chi connectivity index (χ1) is 10.0. The summed E-state index contributed by atoms with van der Waals surface area (Å²) in [7, 11) is 1.62. The molecule has 0 aliphatic carbocycles. The normalized spacial score (nSPS) is 22.2. The first-order valence-electron chi connectivity index (χ1n) is 7.39. The number of carbonyl (C=O) groups is 1. The van der Waals surface area contributed by atoms with Gasteiger partial charge in [0.15, 0.2) is 5.69 Å². The zero-order valence-electron chi connectivity index (χ0n) is 12.9. The molecule has 0 aromatic carbocycles. The maximum absolute atomic E-state index is 12.5. The molecule has 21 heavy (non-hydrogen) atoms. The number of nitrogens with zero attached hydrogens (tertiary/aromatic N) is 4. The number of hydrogen-bond acceptors (Lipinski definition) is 5. The van der Waals surface area contributed by atoms with E-state index < -0.39 is 0 Å². The first kappa shape index (κ1) is 15.9. The van der Waals surface area contributed by atoms with E-state index in [4.69, 9.17) is 4.74 Å². The van der Waals surface area contributed by atoms with Crippen LogP contribution in [0.15, 0.2) is 6.20 Å². The van der Waals surface area contributed by atoms with Gasteiger partial charge in [0.2, 0.25) is 0 Å². The van der Waals surface area contributed by atoms with E-state index in [0.717, 1.165) is 13.0 Å². The standard InChI is InChI=1S/C14H24N4O3/c1-10(2)4-5-17-8-13(15-16-17)14(20)18-7-12(21-3)6-11(18)9-19/h8,10-12,19H,4-7,9H2,1-3H3/t11-,12+/m0/s1. The van der Waals surface area contributed by atoms with E-state index in [1.54, 1.807) is 22.9 Å². The number of likely N-dealkylation sites (tertiary alicyclic amines) is 1. The molecule has 1 aromatic rings. The number of aryl methyl sites for hydroxylation is 1. The number of carbonyl (C=O) groups excluding carboxylic acids is 1. The van der Waals surface area contributed by atoms with Gasteiger partial charge in [0.05, 0.1) is 24.9 Å². The van der Waals surface area contributed by atoms with E-state index in [9.17, 15) is 9.90 Å². The van der Waals surface area contributed by atoms with Crippen LogP contribution in [0.25, 0.3) is 0 Å². The lowest BCUT2D eigenvalue weighted by atomic mass is 10.1. The Hall–Kier alpha value is -1.47. The van der Waals surface area contributed by atoms with Gasteiger partial charge in [-0.1, -0.05) is 19.1 Å². The summed E-state index contributed by atoms with van der Waals surface area (Å²) in [5.41, 5.74) is 0.328. The summed E-state index contributed by atoms with van der Waals surface area (Å²) in [6.07, 6.45) is 3.30. The Labute approximate surface area is 124 Å². The number of aliphatic hydroxyl groups is 1. The van der Waals surface area contributed by atoms with Crippen LogP contribution in [0, 0.1) is 5.92 Å². The van der Waals surface area contributed by atoms with Crippen molar-refractivity contribution in [3.63, 3.8) is 0 Å². The molecular weight excluding hydrogens is 272 g/mol. The molecule has 1 saturated heterocycles. The number of aromatic nitrogens is 3. The van der Waals surface area contributed by atoms with Crippen molar-refractivity contribution in [2.75, 3.05) is 20.3 Å². The number of amides is 1. The molecule has 118 valence electrons. The second kappa shape index (κ2) is 7.00. The van der Waals surface area contributed by atoms with E-state index >= 15 is 0 Å². The zero-order chi connectivity index (χ0) is 15.4. The molecule has 1 amide bonds. The van der Waals surface area contributed by atoms with E-state index in [2.05, 4.69) is 24.2 Å². The predicted molar refractivity (Wildman–Crippen MR) is 76.8 cm³/mol. The zero-order valence-corrected chi connectivity index (χ0v) is 12.9. The molecule has 1 aliphatic heterocycles. The second-order valence-corrected chi connectivity index (χ2v) is 5.94. The summed E-state index contributed by atoms with van der Waals surface area (Å²) in [5, 5.41) is 17.4. The molecule has 0 bridgehead atoms. The molecule has 0 saturated carbocycles. The maximum atomic E-state index is 12.5. The van der Waals surface area contributed by atoms with Gasteiger partial charge in [0.1, 0.15) is 0 Å². The SMILES string of the molecule is CO[C@@H]1C[C@@H](CO)N(C(=O)c2cn(CCC(C)C)nn2)C1. The van der Waals surface area contributed by atoms with Gasteiger partial charge in [-0.3, -0.25) is 9.48 Å². The number of ether oxygens (including phenoxy) is 1. The van der Waals surface area contributed by atoms with Crippen molar-refractivity contribution in [3.8, 4) is 0 Å². The molecule has 2 atom stereocenters. The van der Waals surface area contributed by atoms with Gasteiger partial charge in [0.25, 0.3) is 5.91 Å². The largest absolute Gasteiger partial charge is 0.394 e. The summed E-state index contributed by atoms with van der Waals surface area (Å²) in [4.78, 5) is 14.1. The Morgan fingerprint density at radius 3 is 2.95 bits per heavy atom. The minimum atomic E-state index is -0.205. The van der Waals surface area contributed by atoms with Crippen LogP contribution in [0.2, 0.25) is 0 Å². The molecule has 1 aromatic heterocycles. The topological polar surface area (TPSA) is 80.5 Å². The van der Waals surface area contributed by atoms with Gasteiger partial charge in [0, 0.05) is 20.2 Å². The number of hydrogen-bond donors (Lipinski definition) is 1. The Morgan fingerprint density at radius 2 is 2.33 bits per heavy atom. The van der Waals surface area contributed by atoms with Crippen LogP contribution in [0.3, 0.4) is 0 Å². The summed E-state index contributed by atoms with van der Waals surface area (Å²) >= 11 is 0. The van der Waals surface area contributed by atoms with Crippen LogP contribution < -0.4 is 0 Å². The predicted octanol–water partition coefficient (Wildman–Crippen LogP) is 0.546. The molecular formula is C14H24N4O3. The molecule has 7 nitrogen and oxygen atoms in total. The molecule has 2 heterocycles. The summed E-state index contributed by atoms with van der Waals surface area (Å²) in [6.45, 7) is 5.46. The fourth-order valence-corrected chi connectivity index (χ4v) is 2.51. The van der Waals surface area contributed by atoms with Gasteiger partial charge >= 0.3 is 0 Å². The third-order valence-corrected chi connectivity index (χ3v) is 3.87. The number of rotatable bonds is 6. The average Bonchev–Trinajstić information content (AvgIpc) is 3.10. The van der Waals surface area contributed by atoms with Crippen LogP contribution in [-0.2, 0) is 11.3 Å². The van der Waals surface area contributed by atoms with Gasteiger partial charge in [-0.25, -0.2) is 0 Å². The van der Waals surface area contributed by atoms with Crippen molar-refractivity contribution in [1.29, 1.82) is 0 Å². The monoisotopic (exact) mass is 296 g/mol. The smallest absolute Gasteiger partial charge is 0.276 e. The van der Waals surface area contributed by atoms with Crippen molar-refractivity contribution in [3.05, 3.63) is 11.9 Å². The fourth-order valence-electron chi connectivity index (χ4n) is 2.51. The van der Waals surface area contributed by atoms with E-state index in [1.807, 2.05) is 0 Å². The number of aliphatic hydroxyl groups excluding tert-OH is 1. The summed E-state index contributed by atoms with van der Waals surface area (Å²) < 4.78 is 6.98. The molecule has 0 unspecified atom stereocenters. The Morgan fingerprint density at radius 1 is 1.57 bits per heavy atom. The van der Waals surface area contributed by atoms with Crippen molar-refractivity contribution in [1.82, 2.24) is 19.9 Å². The molecule has 1 N–H and O–H groups in total. The van der Waals surface area contributed by atoms with Gasteiger partial charge in [-0.2, -0.15) is 0 Å². The van der Waals surface area contributed by atoms with Gasteiger partial charge < -0.3 is 14.7 Å². The molecule has 1 aliphatic rings. The Kier molecular flexibility index (Phi) is 5.30. The van der Waals surface area contributed by atoms with Crippen LogP contribution in [-0.4, -0.2) is 63.3 Å². The molecule has 1 fully saturated rings. The van der Waals surface area contributed by atoms with Gasteiger partial charge in [-0.15, -0.1) is 5.10 Å². The lowest BCUT2D eigenvalue weighted by Gasteiger charge is -2.21. The summed E-state index contributed by atoms with van der Waals surface area (Å²) in [5.74, 6) is 0.387. The maximum Gasteiger partial charge on any atom is 0.276 e. The Bertz CT molecular complexity index is 475. The minimum Gasteiger partial charge on any atom is -0.394 e. The van der Waals surface area contributed by atoms with Crippen LogP contribution in [0.5, 0.6) is 0 Å². The highest BCUT2D eigenvalue weighted by molar-refractivity contribution is 5.92. The van der Waals surface area contributed by atoms with Crippen molar-refractivity contribution in [2.45, 2.75) is 45.4 Å². The van der Waals surface area contributed by atoms with E-state index in [1.165, 1.54) is 0 Å². The highest BCUT2D eigenvalue weighted by atomic mass is 16.5. The van der Waals surface area contributed by atoms with Crippen LogP contribution in [0.1, 0.15) is 37.2 Å². The van der Waals surface area contributed by atoms with Crippen LogP contribution in [0.4, 0.5) is 0 Å². The highest BCUT2D eigenvalue weighted by Crippen LogP contribution is 2.21. The first-order valence-corrected chi connectivity index (χ1v) is 7.39. The average molecular weight is 296 g/mol. The minimum absolute atomic E-state index is 0.0258. The lowest BCUT2D eigenvalue weighted by molar-refractivity contribution is 0.0642. The molecule has 7 heteroatoms. The second-order valence-electron chi connectivity index (χ2n) is 5.94. The quantitative estimate of drug-likeness (QED) is 0.829. The van der Waals surface area contributed by atoms with Crippen molar-refractivity contribution in [2.24, 2.45) is 5.92 Å². The molecule has 0 spiro atoms. The van der Waals surface area contributed by atoms with Gasteiger partial charge in [-0.05, 0) is 18.8 Å². The number of methoxy groups -OCH3 is 1. The van der Waals surface area contributed by atoms with E-state index in [0.29, 0.717) is 24.6 Å². The summed E-state index contributed by atoms with van der Waals surface area (Å²) in [6, 6.07) is -0.205. The Balaban J connectivity index is 2.02. The van der Waals surface area contributed by atoms with Crippen molar-refractivity contribution >= 4 is 5.91 Å². The third kappa shape index (κ3) is 3.79. The van der Waals surface area contributed by atoms with E-state index in [-0.39, 0.29) is 24.7 Å². The fraction of sp³-hybridized carbons (Fsp3) is 0.786. The highest BCUT2D eigenvalue weighted by Gasteiger charge is 2.36. The van der Waals surface area contributed by atoms with Crippen LogP contribution >= 0.6 is 0 Å². The lowest BCUT2D eigenvalue weighted by Crippen LogP contribution is -2.38.